The molecule has 1 atom stereocenters. The second-order valence-corrected chi connectivity index (χ2v) is 5.66. The van der Waals surface area contributed by atoms with Crippen molar-refractivity contribution in [1.82, 2.24) is 0 Å². The van der Waals surface area contributed by atoms with Crippen LogP contribution in [0.2, 0.25) is 10.0 Å². The zero-order valence-electron chi connectivity index (χ0n) is 10.6. The Morgan fingerprint density at radius 3 is 2.35 bits per heavy atom. The van der Waals surface area contributed by atoms with E-state index < -0.39 is 11.2 Å². The summed E-state index contributed by atoms with van der Waals surface area (Å²) >= 11 is 12.1. The molecule has 2 nitrogen and oxygen atoms in total. The van der Waals surface area contributed by atoms with E-state index in [1.807, 2.05) is 26.0 Å². The Morgan fingerprint density at radius 1 is 1.24 bits per heavy atom. The van der Waals surface area contributed by atoms with Gasteiger partial charge in [0.15, 0.2) is 0 Å². The number of ether oxygens (including phenoxy) is 1. The Balaban J connectivity index is 3.02. The molecular formula is C13H18Cl2O2. The molecule has 0 heterocycles. The minimum absolute atomic E-state index is 0.382. The zero-order chi connectivity index (χ0) is 13.3. The summed E-state index contributed by atoms with van der Waals surface area (Å²) in [5.74, 6) is 0. The molecule has 1 rings (SSSR count). The molecule has 1 unspecified atom stereocenters. The largest absolute Gasteiger partial charge is 0.387 e. The maximum Gasteiger partial charge on any atom is 0.0943 e. The van der Waals surface area contributed by atoms with Crippen LogP contribution in [0.5, 0.6) is 0 Å². The Kier molecular flexibility index (Phi) is 4.48. The molecular weight excluding hydrogens is 259 g/mol. The van der Waals surface area contributed by atoms with E-state index in [4.69, 9.17) is 27.9 Å². The van der Waals surface area contributed by atoms with Gasteiger partial charge in [0.05, 0.1) is 21.2 Å². The molecule has 96 valence electrons. The first-order chi connectivity index (χ1) is 7.71. The van der Waals surface area contributed by atoms with Gasteiger partial charge in [-0.15, -0.1) is 0 Å². The predicted octanol–water partition coefficient (Wildman–Crippen LogP) is 3.71. The van der Waals surface area contributed by atoms with Gasteiger partial charge in [0.1, 0.15) is 0 Å². The maximum atomic E-state index is 10.5. The van der Waals surface area contributed by atoms with Crippen LogP contribution in [0.25, 0.3) is 0 Å². The van der Waals surface area contributed by atoms with Gasteiger partial charge in [-0.2, -0.15) is 0 Å². The highest BCUT2D eigenvalue weighted by Gasteiger charge is 2.40. The highest BCUT2D eigenvalue weighted by atomic mass is 35.5. The summed E-state index contributed by atoms with van der Waals surface area (Å²) in [7, 11) is 1.58. The van der Waals surface area contributed by atoms with Crippen LogP contribution in [0.1, 0.15) is 26.3 Å². The van der Waals surface area contributed by atoms with Gasteiger partial charge in [-0.3, -0.25) is 0 Å². The van der Waals surface area contributed by atoms with Gasteiger partial charge < -0.3 is 9.84 Å². The van der Waals surface area contributed by atoms with Crippen LogP contribution in [0.3, 0.4) is 0 Å². The molecule has 17 heavy (non-hydrogen) atoms. The smallest absolute Gasteiger partial charge is 0.0943 e. The lowest BCUT2D eigenvalue weighted by molar-refractivity contribution is -0.139. The van der Waals surface area contributed by atoms with E-state index >= 15 is 0 Å². The summed E-state index contributed by atoms with van der Waals surface area (Å²) in [6.07, 6.45) is 0.382. The number of hydrogen-bond donors (Lipinski definition) is 1. The first-order valence-electron chi connectivity index (χ1n) is 5.42. The predicted molar refractivity (Wildman–Crippen MR) is 71.9 cm³/mol. The number of halogens is 2. The average molecular weight is 277 g/mol. The van der Waals surface area contributed by atoms with Crippen molar-refractivity contribution in [1.29, 1.82) is 0 Å². The number of benzene rings is 1. The Morgan fingerprint density at radius 2 is 1.82 bits per heavy atom. The van der Waals surface area contributed by atoms with Crippen LogP contribution in [-0.2, 0) is 11.2 Å². The second-order valence-electron chi connectivity index (χ2n) is 4.88. The summed E-state index contributed by atoms with van der Waals surface area (Å²) in [5.41, 5.74) is -0.886. The highest BCUT2D eigenvalue weighted by molar-refractivity contribution is 6.42. The Bertz CT molecular complexity index is 400. The van der Waals surface area contributed by atoms with Crippen molar-refractivity contribution in [2.24, 2.45) is 0 Å². The van der Waals surface area contributed by atoms with E-state index in [9.17, 15) is 5.11 Å². The lowest BCUT2D eigenvalue weighted by atomic mass is 9.82. The van der Waals surface area contributed by atoms with E-state index in [1.165, 1.54) is 0 Å². The van der Waals surface area contributed by atoms with Crippen molar-refractivity contribution in [2.45, 2.75) is 38.4 Å². The van der Waals surface area contributed by atoms with Gasteiger partial charge in [-0.1, -0.05) is 35.3 Å². The SMILES string of the molecule is COC(C)(C)C(C)(O)Cc1cccc(Cl)c1Cl. The fraction of sp³-hybridized carbons (Fsp3) is 0.538. The van der Waals surface area contributed by atoms with Crippen LogP contribution < -0.4 is 0 Å². The number of aliphatic hydroxyl groups is 1. The van der Waals surface area contributed by atoms with Gasteiger partial charge in [0.25, 0.3) is 0 Å². The Hall–Kier alpha value is -0.280. The first-order valence-corrected chi connectivity index (χ1v) is 6.17. The third kappa shape index (κ3) is 3.14. The molecule has 1 aromatic carbocycles. The van der Waals surface area contributed by atoms with E-state index in [1.54, 1.807) is 20.1 Å². The molecule has 0 aliphatic heterocycles. The van der Waals surface area contributed by atoms with Crippen LogP contribution in [0.15, 0.2) is 18.2 Å². The molecule has 4 heteroatoms. The molecule has 0 fully saturated rings. The number of rotatable bonds is 4. The van der Waals surface area contributed by atoms with Gasteiger partial charge in [-0.05, 0) is 32.4 Å². The van der Waals surface area contributed by atoms with Gasteiger partial charge in [0.2, 0.25) is 0 Å². The van der Waals surface area contributed by atoms with Crippen molar-refractivity contribution < 1.29 is 9.84 Å². The molecule has 0 aromatic heterocycles. The average Bonchev–Trinajstić information content (AvgIpc) is 2.24. The van der Waals surface area contributed by atoms with Gasteiger partial charge >= 0.3 is 0 Å². The molecule has 0 aliphatic carbocycles. The third-order valence-corrected chi connectivity index (χ3v) is 4.23. The minimum Gasteiger partial charge on any atom is -0.387 e. The van der Waals surface area contributed by atoms with E-state index in [2.05, 4.69) is 0 Å². The molecule has 1 aromatic rings. The third-order valence-electron chi connectivity index (χ3n) is 3.37. The van der Waals surface area contributed by atoms with Crippen LogP contribution in [-0.4, -0.2) is 23.4 Å². The maximum absolute atomic E-state index is 10.5. The minimum atomic E-state index is -1.03. The van der Waals surface area contributed by atoms with Crippen LogP contribution >= 0.6 is 23.2 Å². The van der Waals surface area contributed by atoms with Crippen molar-refractivity contribution in [3.05, 3.63) is 33.8 Å². The van der Waals surface area contributed by atoms with Crippen molar-refractivity contribution >= 4 is 23.2 Å². The molecule has 0 radical (unpaired) electrons. The normalized spacial score (nSPS) is 15.7. The second kappa shape index (κ2) is 5.15. The van der Waals surface area contributed by atoms with Crippen molar-refractivity contribution in [3.63, 3.8) is 0 Å². The molecule has 0 saturated heterocycles. The Labute approximate surface area is 113 Å². The van der Waals surface area contributed by atoms with Crippen LogP contribution in [0, 0.1) is 0 Å². The monoisotopic (exact) mass is 276 g/mol. The van der Waals surface area contributed by atoms with Gasteiger partial charge in [-0.25, -0.2) is 0 Å². The summed E-state index contributed by atoms with van der Waals surface area (Å²) < 4.78 is 5.32. The topological polar surface area (TPSA) is 29.5 Å². The number of methoxy groups -OCH3 is 1. The van der Waals surface area contributed by atoms with E-state index in [0.717, 1.165) is 5.56 Å². The zero-order valence-corrected chi connectivity index (χ0v) is 12.1. The highest BCUT2D eigenvalue weighted by Crippen LogP contribution is 2.33. The van der Waals surface area contributed by atoms with E-state index in [0.29, 0.717) is 16.5 Å². The molecule has 0 aliphatic rings. The number of hydrogen-bond acceptors (Lipinski definition) is 2. The first kappa shape index (κ1) is 14.8. The molecule has 1 N–H and O–H groups in total. The van der Waals surface area contributed by atoms with Crippen LogP contribution in [0.4, 0.5) is 0 Å². The van der Waals surface area contributed by atoms with Crippen molar-refractivity contribution in [3.8, 4) is 0 Å². The lowest BCUT2D eigenvalue weighted by Gasteiger charge is -2.39. The molecule has 0 saturated carbocycles. The summed E-state index contributed by atoms with van der Waals surface area (Å²) in [6, 6.07) is 5.40. The fourth-order valence-corrected chi connectivity index (χ4v) is 1.88. The lowest BCUT2D eigenvalue weighted by Crippen LogP contribution is -2.50. The summed E-state index contributed by atoms with van der Waals surface area (Å²) in [4.78, 5) is 0. The summed E-state index contributed by atoms with van der Waals surface area (Å²) in [5, 5.41) is 11.5. The van der Waals surface area contributed by atoms with Gasteiger partial charge in [0, 0.05) is 13.5 Å². The molecule has 0 amide bonds. The van der Waals surface area contributed by atoms with Crippen molar-refractivity contribution in [2.75, 3.05) is 7.11 Å². The molecule has 0 spiro atoms. The quantitative estimate of drug-likeness (QED) is 0.909. The van der Waals surface area contributed by atoms with E-state index in [-0.39, 0.29) is 0 Å². The summed E-state index contributed by atoms with van der Waals surface area (Å²) in [6.45, 7) is 5.41. The molecule has 0 bridgehead atoms. The standard InChI is InChI=1S/C13H18Cl2O2/c1-12(2,17-4)13(3,16)8-9-6-5-7-10(14)11(9)15/h5-7,16H,8H2,1-4H3. The fourth-order valence-electron chi connectivity index (χ4n) is 1.49.